The number of halogens is 1. The molecule has 30 heavy (non-hydrogen) atoms. The number of rotatable bonds is 7. The van der Waals surface area contributed by atoms with E-state index in [0.717, 1.165) is 16.5 Å². The van der Waals surface area contributed by atoms with E-state index in [4.69, 9.17) is 9.15 Å². The fourth-order valence-corrected chi connectivity index (χ4v) is 3.50. The molecule has 0 radical (unpaired) electrons. The van der Waals surface area contributed by atoms with E-state index in [1.807, 2.05) is 55.8 Å². The zero-order chi connectivity index (χ0) is 21.3. The number of carbonyl (C=O) groups excluding carboxylic acids is 1. The second kappa shape index (κ2) is 8.28. The Kier molecular flexibility index (Phi) is 5.55. The largest absolute Gasteiger partial charge is 0.451 e. The number of aromatic nitrogens is 2. The summed E-state index contributed by atoms with van der Waals surface area (Å²) in [4.78, 5) is 17.2. The Hall–Kier alpha value is -3.19. The van der Waals surface area contributed by atoms with Gasteiger partial charge in [0.05, 0.1) is 18.2 Å². The summed E-state index contributed by atoms with van der Waals surface area (Å²) in [5, 5.41) is 3.76. The van der Waals surface area contributed by atoms with E-state index in [0.29, 0.717) is 36.5 Å². The Bertz CT molecular complexity index is 1210. The lowest BCUT2D eigenvalue weighted by Crippen LogP contribution is -2.27. The van der Waals surface area contributed by atoms with E-state index in [2.05, 4.69) is 10.3 Å². The number of amides is 1. The van der Waals surface area contributed by atoms with Crippen LogP contribution in [0, 0.1) is 5.82 Å². The molecule has 0 atom stereocenters. The van der Waals surface area contributed by atoms with Crippen LogP contribution in [-0.2, 0) is 24.8 Å². The molecule has 1 amide bonds. The van der Waals surface area contributed by atoms with Crippen molar-refractivity contribution in [1.29, 1.82) is 0 Å². The number of aryl methyl sites for hydroxylation is 1. The molecule has 0 unspecified atom stereocenters. The lowest BCUT2D eigenvalue weighted by molar-refractivity contribution is 0.0643. The third kappa shape index (κ3) is 3.80. The smallest absolute Gasteiger partial charge is 0.287 e. The summed E-state index contributed by atoms with van der Waals surface area (Å²) in [5.74, 6) is 0.297. The van der Waals surface area contributed by atoms with Crippen LogP contribution in [0.3, 0.4) is 0 Å². The SMILES string of the molecule is CC(C)OCc1c(C(=O)NCCc2nc3c(F)cccc3n2C)oc2ccccc12. The Labute approximate surface area is 173 Å². The number of ether oxygens (including phenoxy) is 1. The number of fused-ring (bicyclic) bond motifs is 2. The third-order valence-corrected chi connectivity index (χ3v) is 5.05. The van der Waals surface area contributed by atoms with Crippen molar-refractivity contribution in [1.82, 2.24) is 14.9 Å². The van der Waals surface area contributed by atoms with Gasteiger partial charge in [-0.3, -0.25) is 4.79 Å². The van der Waals surface area contributed by atoms with Gasteiger partial charge in [0.25, 0.3) is 5.91 Å². The molecule has 0 aliphatic heterocycles. The molecule has 0 aliphatic carbocycles. The van der Waals surface area contributed by atoms with Crippen molar-refractivity contribution in [3.8, 4) is 0 Å². The number of imidazole rings is 1. The first-order chi connectivity index (χ1) is 14.5. The molecule has 156 valence electrons. The van der Waals surface area contributed by atoms with E-state index < -0.39 is 0 Å². The van der Waals surface area contributed by atoms with Crippen LogP contribution in [0.5, 0.6) is 0 Å². The predicted molar refractivity (Wildman–Crippen MR) is 113 cm³/mol. The Morgan fingerprint density at radius 3 is 2.80 bits per heavy atom. The van der Waals surface area contributed by atoms with Crippen molar-refractivity contribution in [3.05, 3.63) is 65.4 Å². The normalized spacial score (nSPS) is 11.6. The number of nitrogens with zero attached hydrogens (tertiary/aromatic N) is 2. The van der Waals surface area contributed by atoms with Crippen LogP contribution in [0.4, 0.5) is 4.39 Å². The number of furan rings is 1. The number of carbonyl (C=O) groups is 1. The summed E-state index contributed by atoms with van der Waals surface area (Å²) in [6, 6.07) is 12.4. The molecule has 4 rings (SSSR count). The molecule has 2 aromatic heterocycles. The molecule has 2 aromatic carbocycles. The van der Waals surface area contributed by atoms with E-state index in [-0.39, 0.29) is 23.6 Å². The van der Waals surface area contributed by atoms with Crippen molar-refractivity contribution in [2.45, 2.75) is 33.0 Å². The minimum atomic E-state index is -0.351. The van der Waals surface area contributed by atoms with Gasteiger partial charge in [0.1, 0.15) is 16.9 Å². The van der Waals surface area contributed by atoms with E-state index in [9.17, 15) is 9.18 Å². The first-order valence-electron chi connectivity index (χ1n) is 9.95. The van der Waals surface area contributed by atoms with Gasteiger partial charge in [-0.15, -0.1) is 0 Å². The quantitative estimate of drug-likeness (QED) is 0.493. The van der Waals surface area contributed by atoms with Crippen molar-refractivity contribution in [2.24, 2.45) is 7.05 Å². The van der Waals surface area contributed by atoms with E-state index in [1.165, 1.54) is 6.07 Å². The first-order valence-corrected chi connectivity index (χ1v) is 9.95. The van der Waals surface area contributed by atoms with Crippen LogP contribution in [0.15, 0.2) is 46.9 Å². The van der Waals surface area contributed by atoms with Gasteiger partial charge in [-0.1, -0.05) is 24.3 Å². The number of hydrogen-bond acceptors (Lipinski definition) is 4. The monoisotopic (exact) mass is 409 g/mol. The second-order valence-electron chi connectivity index (χ2n) is 7.47. The molecule has 0 bridgehead atoms. The van der Waals surface area contributed by atoms with Crippen LogP contribution in [-0.4, -0.2) is 28.1 Å². The Morgan fingerprint density at radius 1 is 1.23 bits per heavy atom. The molecule has 1 N–H and O–H groups in total. The maximum absolute atomic E-state index is 14.0. The van der Waals surface area contributed by atoms with Crippen LogP contribution in [0.25, 0.3) is 22.0 Å². The fraction of sp³-hybridized carbons (Fsp3) is 0.304. The average Bonchev–Trinajstić information content (AvgIpc) is 3.26. The van der Waals surface area contributed by atoms with Crippen LogP contribution < -0.4 is 5.32 Å². The lowest BCUT2D eigenvalue weighted by atomic mass is 10.1. The summed E-state index contributed by atoms with van der Waals surface area (Å²) < 4.78 is 27.3. The zero-order valence-corrected chi connectivity index (χ0v) is 17.2. The molecule has 0 saturated heterocycles. The fourth-order valence-electron chi connectivity index (χ4n) is 3.50. The highest BCUT2D eigenvalue weighted by molar-refractivity contribution is 5.99. The molecule has 2 heterocycles. The van der Waals surface area contributed by atoms with E-state index in [1.54, 1.807) is 6.07 Å². The standard InChI is InChI=1S/C23H24FN3O3/c1-14(2)29-13-16-15-7-4-5-10-19(15)30-22(16)23(28)25-12-11-20-26-21-17(24)8-6-9-18(21)27(20)3/h4-10,14H,11-13H2,1-3H3,(H,25,28). The minimum absolute atomic E-state index is 0.0347. The molecule has 0 spiro atoms. The maximum atomic E-state index is 14.0. The van der Waals surface area contributed by atoms with Gasteiger partial charge in [-0.25, -0.2) is 9.37 Å². The third-order valence-electron chi connectivity index (χ3n) is 5.05. The topological polar surface area (TPSA) is 69.3 Å². The number of para-hydroxylation sites is 2. The highest BCUT2D eigenvalue weighted by Crippen LogP contribution is 2.27. The lowest BCUT2D eigenvalue weighted by Gasteiger charge is -2.09. The number of benzene rings is 2. The van der Waals surface area contributed by atoms with E-state index >= 15 is 0 Å². The van der Waals surface area contributed by atoms with Crippen LogP contribution >= 0.6 is 0 Å². The number of nitrogens with one attached hydrogen (secondary N) is 1. The van der Waals surface area contributed by atoms with Gasteiger partial charge in [-0.05, 0) is 32.0 Å². The van der Waals surface area contributed by atoms with Crippen LogP contribution in [0.1, 0.15) is 35.8 Å². The Balaban J connectivity index is 1.50. The van der Waals surface area contributed by atoms with Gasteiger partial charge < -0.3 is 19.0 Å². The summed E-state index contributed by atoms with van der Waals surface area (Å²) in [6.45, 7) is 4.53. The predicted octanol–water partition coefficient (Wildman–Crippen LogP) is 4.36. The first kappa shape index (κ1) is 20.1. The number of hydrogen-bond donors (Lipinski definition) is 1. The van der Waals surface area contributed by atoms with Gasteiger partial charge in [-0.2, -0.15) is 0 Å². The summed E-state index contributed by atoms with van der Waals surface area (Å²) in [5.41, 5.74) is 2.45. The average molecular weight is 409 g/mol. The van der Waals surface area contributed by atoms with Crippen molar-refractivity contribution in [2.75, 3.05) is 6.54 Å². The van der Waals surface area contributed by atoms with Crippen molar-refractivity contribution >= 4 is 27.9 Å². The van der Waals surface area contributed by atoms with Crippen molar-refractivity contribution < 1.29 is 18.3 Å². The molecule has 4 aromatic rings. The van der Waals surface area contributed by atoms with Crippen LogP contribution in [0.2, 0.25) is 0 Å². The maximum Gasteiger partial charge on any atom is 0.287 e. The highest BCUT2D eigenvalue weighted by atomic mass is 19.1. The minimum Gasteiger partial charge on any atom is -0.451 e. The zero-order valence-electron chi connectivity index (χ0n) is 17.2. The van der Waals surface area contributed by atoms with Gasteiger partial charge in [0, 0.05) is 31.0 Å². The summed E-state index contributed by atoms with van der Waals surface area (Å²) in [7, 11) is 1.84. The van der Waals surface area contributed by atoms with Crippen molar-refractivity contribution in [3.63, 3.8) is 0 Å². The molecular weight excluding hydrogens is 385 g/mol. The van der Waals surface area contributed by atoms with Gasteiger partial charge >= 0.3 is 0 Å². The second-order valence-corrected chi connectivity index (χ2v) is 7.47. The molecule has 0 aliphatic rings. The highest BCUT2D eigenvalue weighted by Gasteiger charge is 2.21. The van der Waals surface area contributed by atoms with Gasteiger partial charge in [0.2, 0.25) is 0 Å². The van der Waals surface area contributed by atoms with Gasteiger partial charge in [0.15, 0.2) is 11.6 Å². The molecular formula is C23H24FN3O3. The molecule has 0 saturated carbocycles. The summed E-state index contributed by atoms with van der Waals surface area (Å²) in [6.07, 6.45) is 0.501. The Morgan fingerprint density at radius 2 is 2.03 bits per heavy atom. The molecule has 7 heteroatoms. The molecule has 0 fully saturated rings. The molecule has 6 nitrogen and oxygen atoms in total. The summed E-state index contributed by atoms with van der Waals surface area (Å²) >= 11 is 0.